The number of nitrogens with one attached hydrogen (secondary N) is 1. The minimum absolute atomic E-state index is 0.0841. The van der Waals surface area contributed by atoms with E-state index in [-0.39, 0.29) is 11.5 Å². The normalized spacial score (nSPS) is 10.5. The van der Waals surface area contributed by atoms with Gasteiger partial charge >= 0.3 is 0 Å². The Kier molecular flexibility index (Phi) is 6.02. The Morgan fingerprint density at radius 3 is 2.33 bits per heavy atom. The van der Waals surface area contributed by atoms with Crippen LogP contribution in [-0.4, -0.2) is 44.5 Å². The molecule has 0 bridgehead atoms. The van der Waals surface area contributed by atoms with Crippen molar-refractivity contribution in [1.82, 2.24) is 9.97 Å². The number of nitrogens with zero attached hydrogens (tertiary/aromatic N) is 1. The molecule has 0 radical (unpaired) electrons. The second-order valence-electron chi connectivity index (χ2n) is 4.97. The maximum absolute atomic E-state index is 11.9. The number of benzene rings is 1. The highest BCUT2D eigenvalue weighted by atomic mass is 16.6. The van der Waals surface area contributed by atoms with Gasteiger partial charge in [0.2, 0.25) is 5.75 Å². The summed E-state index contributed by atoms with van der Waals surface area (Å²) in [5.41, 5.74) is 6.49. The number of anilines is 1. The molecular formula is C16H21N3O5. The zero-order chi connectivity index (χ0) is 17.5. The number of ether oxygens (including phenoxy) is 4. The topological polar surface area (TPSA) is 109 Å². The average molecular weight is 335 g/mol. The summed E-state index contributed by atoms with van der Waals surface area (Å²) >= 11 is 0. The van der Waals surface area contributed by atoms with Gasteiger partial charge in [-0.15, -0.1) is 0 Å². The fraction of sp³-hybridized carbons (Fsp3) is 0.375. The maximum atomic E-state index is 11.9. The lowest BCUT2D eigenvalue weighted by Crippen LogP contribution is -2.16. The van der Waals surface area contributed by atoms with E-state index >= 15 is 0 Å². The summed E-state index contributed by atoms with van der Waals surface area (Å²) in [6.45, 7) is 0.810. The van der Waals surface area contributed by atoms with Crippen molar-refractivity contribution in [2.75, 3.05) is 40.3 Å². The van der Waals surface area contributed by atoms with E-state index in [0.29, 0.717) is 42.4 Å². The SMILES string of the molecule is COCCOc1c(OC)cc(Cc2cnc(N)[nH]c2=O)cc1OC. The lowest BCUT2D eigenvalue weighted by Gasteiger charge is -2.16. The standard InChI is InChI=1S/C16H21N3O5/c1-21-4-5-24-14-12(22-2)7-10(8-13(14)23-3)6-11-9-18-16(17)19-15(11)20/h7-9H,4-6H2,1-3H3,(H3,17,18,19,20). The monoisotopic (exact) mass is 335 g/mol. The molecule has 0 spiro atoms. The molecule has 24 heavy (non-hydrogen) atoms. The first-order chi connectivity index (χ1) is 11.6. The number of hydrogen-bond acceptors (Lipinski definition) is 7. The Hall–Kier alpha value is -2.74. The number of methoxy groups -OCH3 is 3. The van der Waals surface area contributed by atoms with Crippen molar-refractivity contribution in [1.29, 1.82) is 0 Å². The number of nitrogens with two attached hydrogens (primary N) is 1. The van der Waals surface area contributed by atoms with Gasteiger partial charge in [0.1, 0.15) is 6.61 Å². The molecule has 1 aromatic heterocycles. The lowest BCUT2D eigenvalue weighted by atomic mass is 10.1. The molecule has 0 aliphatic carbocycles. The van der Waals surface area contributed by atoms with Gasteiger partial charge in [0.05, 0.1) is 20.8 Å². The zero-order valence-corrected chi connectivity index (χ0v) is 13.9. The third-order valence-corrected chi connectivity index (χ3v) is 3.34. The van der Waals surface area contributed by atoms with Gasteiger partial charge in [-0.1, -0.05) is 0 Å². The van der Waals surface area contributed by atoms with Crippen LogP contribution in [0.5, 0.6) is 17.2 Å². The molecule has 0 amide bonds. The highest BCUT2D eigenvalue weighted by Gasteiger charge is 2.15. The Balaban J connectivity index is 2.32. The number of H-pyrrole nitrogens is 1. The van der Waals surface area contributed by atoms with Crippen LogP contribution in [0.15, 0.2) is 23.1 Å². The first kappa shape index (κ1) is 17.6. The second kappa shape index (κ2) is 8.21. The summed E-state index contributed by atoms with van der Waals surface area (Å²) in [6, 6.07) is 3.58. The van der Waals surface area contributed by atoms with Crippen molar-refractivity contribution in [2.24, 2.45) is 0 Å². The predicted molar refractivity (Wildman–Crippen MR) is 89.0 cm³/mol. The number of aromatic amines is 1. The summed E-state index contributed by atoms with van der Waals surface area (Å²) in [5.74, 6) is 1.60. The zero-order valence-electron chi connectivity index (χ0n) is 13.9. The molecule has 1 aromatic carbocycles. The van der Waals surface area contributed by atoms with E-state index in [4.69, 9.17) is 24.7 Å². The molecule has 0 unspecified atom stereocenters. The third-order valence-electron chi connectivity index (χ3n) is 3.34. The second-order valence-corrected chi connectivity index (χ2v) is 4.97. The van der Waals surface area contributed by atoms with E-state index in [1.807, 2.05) is 0 Å². The predicted octanol–water partition coefficient (Wildman–Crippen LogP) is 0.985. The largest absolute Gasteiger partial charge is 0.493 e. The molecule has 2 rings (SSSR count). The Morgan fingerprint density at radius 2 is 1.79 bits per heavy atom. The fourth-order valence-electron chi connectivity index (χ4n) is 2.19. The first-order valence-electron chi connectivity index (χ1n) is 7.29. The van der Waals surface area contributed by atoms with Gasteiger partial charge in [-0.05, 0) is 17.7 Å². The van der Waals surface area contributed by atoms with Gasteiger partial charge in [0.25, 0.3) is 5.56 Å². The fourth-order valence-corrected chi connectivity index (χ4v) is 2.19. The molecule has 3 N–H and O–H groups in total. The molecule has 8 nitrogen and oxygen atoms in total. The Bertz CT molecular complexity index is 720. The molecule has 8 heteroatoms. The van der Waals surface area contributed by atoms with E-state index < -0.39 is 0 Å². The molecule has 0 atom stereocenters. The van der Waals surface area contributed by atoms with Crippen LogP contribution in [0, 0.1) is 0 Å². The van der Waals surface area contributed by atoms with Crippen molar-refractivity contribution < 1.29 is 18.9 Å². The van der Waals surface area contributed by atoms with Crippen LogP contribution < -0.4 is 25.5 Å². The molecule has 0 aliphatic rings. The highest BCUT2D eigenvalue weighted by molar-refractivity contribution is 5.54. The third kappa shape index (κ3) is 4.17. The van der Waals surface area contributed by atoms with Gasteiger partial charge in [-0.25, -0.2) is 4.98 Å². The molecule has 130 valence electrons. The van der Waals surface area contributed by atoms with Gasteiger partial charge in [-0.3, -0.25) is 9.78 Å². The molecular weight excluding hydrogens is 314 g/mol. The number of hydrogen-bond donors (Lipinski definition) is 2. The van der Waals surface area contributed by atoms with Gasteiger partial charge in [-0.2, -0.15) is 0 Å². The van der Waals surface area contributed by atoms with Crippen LogP contribution in [0.3, 0.4) is 0 Å². The Morgan fingerprint density at radius 1 is 1.12 bits per heavy atom. The molecule has 1 heterocycles. The van der Waals surface area contributed by atoms with E-state index in [9.17, 15) is 4.79 Å². The smallest absolute Gasteiger partial charge is 0.255 e. The highest BCUT2D eigenvalue weighted by Crippen LogP contribution is 2.38. The number of rotatable bonds is 8. The summed E-state index contributed by atoms with van der Waals surface area (Å²) in [7, 11) is 4.68. The van der Waals surface area contributed by atoms with E-state index in [1.165, 1.54) is 6.20 Å². The number of nitrogen functional groups attached to an aromatic ring is 1. The molecule has 0 aliphatic heterocycles. The minimum atomic E-state index is -0.277. The summed E-state index contributed by atoms with van der Waals surface area (Å²) in [5, 5.41) is 0. The summed E-state index contributed by atoms with van der Waals surface area (Å²) in [4.78, 5) is 18.3. The molecule has 0 fully saturated rings. The van der Waals surface area contributed by atoms with Crippen molar-refractivity contribution in [3.63, 3.8) is 0 Å². The quantitative estimate of drug-likeness (QED) is 0.692. The van der Waals surface area contributed by atoms with Crippen molar-refractivity contribution in [3.8, 4) is 17.2 Å². The number of aromatic nitrogens is 2. The summed E-state index contributed by atoms with van der Waals surface area (Å²) in [6.07, 6.45) is 1.81. The van der Waals surface area contributed by atoms with Gasteiger partial charge < -0.3 is 24.7 Å². The van der Waals surface area contributed by atoms with Crippen LogP contribution >= 0.6 is 0 Å². The summed E-state index contributed by atoms with van der Waals surface area (Å²) < 4.78 is 21.4. The first-order valence-corrected chi connectivity index (χ1v) is 7.29. The van der Waals surface area contributed by atoms with Crippen LogP contribution in [0.4, 0.5) is 5.95 Å². The van der Waals surface area contributed by atoms with Crippen LogP contribution in [0.25, 0.3) is 0 Å². The van der Waals surface area contributed by atoms with E-state index in [1.54, 1.807) is 33.5 Å². The minimum Gasteiger partial charge on any atom is -0.493 e. The van der Waals surface area contributed by atoms with Crippen molar-refractivity contribution in [3.05, 3.63) is 39.8 Å². The Labute approximate surface area is 139 Å². The van der Waals surface area contributed by atoms with Crippen LogP contribution in [0.2, 0.25) is 0 Å². The average Bonchev–Trinajstić information content (AvgIpc) is 2.58. The molecule has 0 saturated heterocycles. The van der Waals surface area contributed by atoms with Gasteiger partial charge in [0, 0.05) is 25.3 Å². The van der Waals surface area contributed by atoms with Crippen LogP contribution in [0.1, 0.15) is 11.1 Å². The lowest BCUT2D eigenvalue weighted by molar-refractivity contribution is 0.142. The van der Waals surface area contributed by atoms with E-state index in [0.717, 1.165) is 5.56 Å². The molecule has 2 aromatic rings. The van der Waals surface area contributed by atoms with Crippen LogP contribution in [-0.2, 0) is 11.2 Å². The maximum Gasteiger partial charge on any atom is 0.255 e. The van der Waals surface area contributed by atoms with Crippen molar-refractivity contribution in [2.45, 2.75) is 6.42 Å². The van der Waals surface area contributed by atoms with E-state index in [2.05, 4.69) is 9.97 Å². The molecule has 0 saturated carbocycles. The van der Waals surface area contributed by atoms with Gasteiger partial charge in [0.15, 0.2) is 17.4 Å². The van der Waals surface area contributed by atoms with Crippen molar-refractivity contribution >= 4 is 5.95 Å².